The monoisotopic (exact) mass is 462 g/mol. The summed E-state index contributed by atoms with van der Waals surface area (Å²) in [5, 5.41) is 3.41. The zero-order valence-corrected chi connectivity index (χ0v) is 22.0. The summed E-state index contributed by atoms with van der Waals surface area (Å²) in [6, 6.07) is 4.10. The van der Waals surface area contributed by atoms with E-state index < -0.39 is 0 Å². The van der Waals surface area contributed by atoms with E-state index in [4.69, 9.17) is 5.73 Å². The quantitative estimate of drug-likeness (QED) is 0.370. The van der Waals surface area contributed by atoms with Gasteiger partial charge in [0.05, 0.1) is 0 Å². The number of aromatic nitrogens is 1. The van der Waals surface area contributed by atoms with Crippen molar-refractivity contribution in [1.29, 1.82) is 0 Å². The van der Waals surface area contributed by atoms with Crippen molar-refractivity contribution >= 4 is 11.5 Å². The number of piperidine rings is 1. The van der Waals surface area contributed by atoms with Gasteiger partial charge in [0.15, 0.2) is 0 Å². The Morgan fingerprint density at radius 3 is 2.32 bits per heavy atom. The highest BCUT2D eigenvalue weighted by atomic mass is 15.2. The van der Waals surface area contributed by atoms with Crippen LogP contribution in [0, 0.1) is 0 Å². The highest BCUT2D eigenvalue weighted by molar-refractivity contribution is 5.66. The van der Waals surface area contributed by atoms with Crippen LogP contribution in [-0.4, -0.2) is 18.1 Å². The standard InChI is InChI=1S/C27H36N4.C3H8.H2/c1-7-20(4)25(18-23(8-2)26(28)9-3)17-21(5)30-22(6)24-13-14-29-27(19-24)31-15-11-10-12-16-31;1-3-2;/h7-9,13-14,17-19,30H,1,4,6,10-12,15-16,28H2,2-3,5H3;3H2,1-2H3;1H/b21-17+,23-8+,25-18-,26-9-;;. The summed E-state index contributed by atoms with van der Waals surface area (Å²) >= 11 is 0. The molecule has 0 radical (unpaired) electrons. The number of nitrogens with one attached hydrogen (secondary N) is 1. The van der Waals surface area contributed by atoms with E-state index in [0.29, 0.717) is 0 Å². The molecule has 0 unspecified atom stereocenters. The van der Waals surface area contributed by atoms with E-state index >= 15 is 0 Å². The maximum absolute atomic E-state index is 6.11. The van der Waals surface area contributed by atoms with Crippen LogP contribution >= 0.6 is 0 Å². The lowest BCUT2D eigenvalue weighted by Gasteiger charge is -2.28. The number of hydrogen-bond donors (Lipinski definition) is 2. The van der Waals surface area contributed by atoms with Crippen molar-refractivity contribution in [3.05, 3.63) is 102 Å². The predicted molar refractivity (Wildman–Crippen MR) is 153 cm³/mol. The molecule has 1 aromatic rings. The molecule has 0 saturated carbocycles. The first-order chi connectivity index (χ1) is 16.3. The number of rotatable bonds is 9. The molecule has 1 aromatic heterocycles. The number of nitrogens with two attached hydrogens (primary N) is 1. The van der Waals surface area contributed by atoms with E-state index in [1.165, 1.54) is 25.7 Å². The second-order valence-corrected chi connectivity index (χ2v) is 8.41. The fourth-order valence-electron chi connectivity index (χ4n) is 3.49. The maximum Gasteiger partial charge on any atom is 0.129 e. The smallest absolute Gasteiger partial charge is 0.129 e. The molecule has 1 aliphatic rings. The first kappa shape index (κ1) is 28.8. The zero-order valence-electron chi connectivity index (χ0n) is 22.0. The average molecular weight is 463 g/mol. The van der Waals surface area contributed by atoms with Crippen molar-refractivity contribution in [3.63, 3.8) is 0 Å². The SMILES string of the molecule is C=CC(=C)C(=C\C(=C/C)C(\N)=C\C)/C=C(\C)NC(=C)c1ccnc(N2CCCCC2)c1.CCC.[HH]. The first-order valence-corrected chi connectivity index (χ1v) is 12.3. The van der Waals surface area contributed by atoms with E-state index in [1.54, 1.807) is 6.08 Å². The van der Waals surface area contributed by atoms with Crippen LogP contribution in [0.25, 0.3) is 5.70 Å². The molecule has 2 heterocycles. The fraction of sp³-hybridized carbons (Fsp3) is 0.367. The largest absolute Gasteiger partial charge is 0.399 e. The third-order valence-corrected chi connectivity index (χ3v) is 5.38. The minimum atomic E-state index is 0. The molecular weight excluding hydrogens is 416 g/mol. The number of pyridine rings is 1. The number of allylic oxidation sites excluding steroid dienone is 8. The van der Waals surface area contributed by atoms with Gasteiger partial charge in [-0.25, -0.2) is 4.98 Å². The van der Waals surface area contributed by atoms with E-state index in [2.05, 4.69) is 54.9 Å². The molecule has 0 bridgehead atoms. The summed E-state index contributed by atoms with van der Waals surface area (Å²) in [6.07, 6.45) is 16.5. The second kappa shape index (κ2) is 15.5. The molecule has 0 amide bonds. The maximum atomic E-state index is 6.11. The third-order valence-electron chi connectivity index (χ3n) is 5.38. The molecule has 1 aliphatic heterocycles. The second-order valence-electron chi connectivity index (χ2n) is 8.41. The Kier molecular flexibility index (Phi) is 13.2. The van der Waals surface area contributed by atoms with Crippen LogP contribution in [0.15, 0.2) is 96.6 Å². The van der Waals surface area contributed by atoms with Crippen LogP contribution in [0.1, 0.15) is 67.3 Å². The summed E-state index contributed by atoms with van der Waals surface area (Å²) in [4.78, 5) is 6.91. The Labute approximate surface area is 209 Å². The van der Waals surface area contributed by atoms with Crippen molar-refractivity contribution in [2.24, 2.45) is 5.73 Å². The molecule has 4 heteroatoms. The number of hydrogen-bond acceptors (Lipinski definition) is 4. The Hall–Kier alpha value is -3.27. The Bertz CT molecular complexity index is 960. The Balaban J connectivity index is 0.00000274. The molecule has 4 nitrogen and oxygen atoms in total. The van der Waals surface area contributed by atoms with Crippen LogP contribution in [0.5, 0.6) is 0 Å². The molecular formula is C30H46N4. The van der Waals surface area contributed by atoms with Gasteiger partial charge in [0.25, 0.3) is 0 Å². The van der Waals surface area contributed by atoms with Crippen LogP contribution in [0.3, 0.4) is 0 Å². The van der Waals surface area contributed by atoms with Gasteiger partial charge in [-0.15, -0.1) is 0 Å². The summed E-state index contributed by atoms with van der Waals surface area (Å²) < 4.78 is 0. The molecule has 2 rings (SSSR count). The summed E-state index contributed by atoms with van der Waals surface area (Å²) in [5.74, 6) is 1.02. The Morgan fingerprint density at radius 1 is 1.12 bits per heavy atom. The van der Waals surface area contributed by atoms with E-state index in [1.807, 2.05) is 57.3 Å². The van der Waals surface area contributed by atoms with Crippen molar-refractivity contribution < 1.29 is 1.43 Å². The van der Waals surface area contributed by atoms with Gasteiger partial charge in [-0.2, -0.15) is 0 Å². The summed E-state index contributed by atoms with van der Waals surface area (Å²) in [6.45, 7) is 24.5. The molecule has 1 fully saturated rings. The lowest BCUT2D eigenvalue weighted by molar-refractivity contribution is 0.573. The van der Waals surface area contributed by atoms with Crippen molar-refractivity contribution in [2.75, 3.05) is 18.0 Å². The molecule has 186 valence electrons. The van der Waals surface area contributed by atoms with Crippen LogP contribution in [0.4, 0.5) is 5.82 Å². The van der Waals surface area contributed by atoms with Crippen LogP contribution < -0.4 is 16.0 Å². The van der Waals surface area contributed by atoms with Crippen molar-refractivity contribution in [1.82, 2.24) is 10.3 Å². The van der Waals surface area contributed by atoms with Crippen molar-refractivity contribution in [3.8, 4) is 0 Å². The lowest BCUT2D eigenvalue weighted by atomic mass is 10.0. The van der Waals surface area contributed by atoms with Gasteiger partial charge in [-0.3, -0.25) is 0 Å². The van der Waals surface area contributed by atoms with E-state index in [0.717, 1.165) is 58.3 Å². The minimum Gasteiger partial charge on any atom is -0.399 e. The fourth-order valence-corrected chi connectivity index (χ4v) is 3.49. The Morgan fingerprint density at radius 2 is 1.76 bits per heavy atom. The summed E-state index contributed by atoms with van der Waals surface area (Å²) in [7, 11) is 0. The van der Waals surface area contributed by atoms with E-state index in [9.17, 15) is 0 Å². The number of nitrogens with zero attached hydrogens (tertiary/aromatic N) is 2. The highest BCUT2D eigenvalue weighted by Crippen LogP contribution is 2.22. The third kappa shape index (κ3) is 9.30. The van der Waals surface area contributed by atoms with E-state index in [-0.39, 0.29) is 1.43 Å². The molecule has 0 aliphatic carbocycles. The molecule has 0 aromatic carbocycles. The van der Waals surface area contributed by atoms with Gasteiger partial charge < -0.3 is 16.0 Å². The van der Waals surface area contributed by atoms with Crippen molar-refractivity contribution in [2.45, 2.75) is 60.3 Å². The normalized spacial score (nSPS) is 15.3. The van der Waals surface area contributed by atoms with Gasteiger partial charge in [0, 0.05) is 43.4 Å². The van der Waals surface area contributed by atoms with Gasteiger partial charge >= 0.3 is 0 Å². The molecule has 3 N–H and O–H groups in total. The van der Waals surface area contributed by atoms with Crippen LogP contribution in [-0.2, 0) is 0 Å². The topological polar surface area (TPSA) is 54.2 Å². The zero-order chi connectivity index (χ0) is 25.5. The average Bonchev–Trinajstić information content (AvgIpc) is 2.86. The van der Waals surface area contributed by atoms with Gasteiger partial charge in [-0.1, -0.05) is 58.2 Å². The lowest BCUT2D eigenvalue weighted by Crippen LogP contribution is -2.30. The summed E-state index contributed by atoms with van der Waals surface area (Å²) in [5.41, 5.74) is 12.4. The van der Waals surface area contributed by atoms with Gasteiger partial charge in [-0.05, 0) is 81.0 Å². The van der Waals surface area contributed by atoms with Gasteiger partial charge in [0.2, 0.25) is 0 Å². The highest BCUT2D eigenvalue weighted by Gasteiger charge is 2.13. The number of anilines is 1. The minimum absolute atomic E-state index is 0. The molecule has 0 atom stereocenters. The van der Waals surface area contributed by atoms with Crippen LogP contribution in [0.2, 0.25) is 0 Å². The molecule has 1 saturated heterocycles. The molecule has 0 spiro atoms. The van der Waals surface area contributed by atoms with Gasteiger partial charge in [0.1, 0.15) is 5.82 Å². The predicted octanol–water partition coefficient (Wildman–Crippen LogP) is 7.68. The first-order valence-electron chi connectivity index (χ1n) is 12.3. The molecule has 34 heavy (non-hydrogen) atoms.